The predicted octanol–water partition coefficient (Wildman–Crippen LogP) is 5.97. The van der Waals surface area contributed by atoms with Crippen molar-refractivity contribution in [1.82, 2.24) is 9.80 Å². The third-order valence-electron chi connectivity index (χ3n) is 5.51. The number of benzene rings is 2. The van der Waals surface area contributed by atoms with Gasteiger partial charge in [-0.3, -0.25) is 9.59 Å². The summed E-state index contributed by atoms with van der Waals surface area (Å²) in [6.07, 6.45) is 2.46. The van der Waals surface area contributed by atoms with Gasteiger partial charge in [0, 0.05) is 33.0 Å². The van der Waals surface area contributed by atoms with E-state index < -0.39 is 0 Å². The fourth-order valence-electron chi connectivity index (χ4n) is 4.02. The second kappa shape index (κ2) is 10.0. The molecule has 2 amide bonds. The van der Waals surface area contributed by atoms with Crippen LogP contribution < -0.4 is 0 Å². The first-order chi connectivity index (χ1) is 15.5. The fraction of sp³-hybridized carbons (Fsp3) is 0.200. The molecule has 4 nitrogen and oxygen atoms in total. The van der Waals surface area contributed by atoms with Crippen molar-refractivity contribution in [2.24, 2.45) is 0 Å². The smallest absolute Gasteiger partial charge is 0.254 e. The van der Waals surface area contributed by atoms with E-state index in [0.29, 0.717) is 23.7 Å². The lowest BCUT2D eigenvalue weighted by Crippen LogP contribution is -2.46. The largest absolute Gasteiger partial charge is 0.330 e. The van der Waals surface area contributed by atoms with Gasteiger partial charge in [0.15, 0.2) is 0 Å². The Balaban J connectivity index is 1.61. The van der Waals surface area contributed by atoms with Gasteiger partial charge in [0.25, 0.3) is 5.91 Å². The van der Waals surface area contributed by atoms with Crippen LogP contribution in [0.25, 0.3) is 0 Å². The van der Waals surface area contributed by atoms with Gasteiger partial charge in [-0.15, -0.1) is 17.9 Å². The first-order valence-corrected chi connectivity index (χ1v) is 12.3. The van der Waals surface area contributed by atoms with E-state index in [1.165, 1.54) is 4.88 Å². The van der Waals surface area contributed by atoms with Crippen LogP contribution in [0.4, 0.5) is 0 Å². The second-order valence-electron chi connectivity index (χ2n) is 7.58. The van der Waals surface area contributed by atoms with Crippen LogP contribution in [-0.4, -0.2) is 41.2 Å². The number of thiophene rings is 1. The third-order valence-corrected chi connectivity index (χ3v) is 7.25. The first-order valence-electron chi connectivity index (χ1n) is 10.2. The molecule has 4 rings (SSSR count). The molecule has 1 aromatic heterocycles. The van der Waals surface area contributed by atoms with Crippen molar-refractivity contribution in [3.63, 3.8) is 0 Å². The molecule has 0 aliphatic carbocycles. The molecule has 0 bridgehead atoms. The lowest BCUT2D eigenvalue weighted by Gasteiger charge is -2.37. The summed E-state index contributed by atoms with van der Waals surface area (Å²) in [6, 6.07) is 16.7. The predicted molar refractivity (Wildman–Crippen MR) is 133 cm³/mol. The summed E-state index contributed by atoms with van der Waals surface area (Å²) in [5, 5.41) is 2.73. The molecule has 2 aromatic carbocycles. The second-order valence-corrected chi connectivity index (χ2v) is 9.93. The van der Waals surface area contributed by atoms with E-state index in [1.54, 1.807) is 34.4 Å². The molecule has 7 heteroatoms. The number of rotatable bonds is 6. The van der Waals surface area contributed by atoms with Crippen molar-refractivity contribution in [2.75, 3.05) is 19.6 Å². The Morgan fingerprint density at radius 1 is 1.22 bits per heavy atom. The lowest BCUT2D eigenvalue weighted by molar-refractivity contribution is -0.133. The molecule has 164 valence electrons. The Morgan fingerprint density at radius 3 is 2.72 bits per heavy atom. The zero-order valence-electron chi connectivity index (χ0n) is 17.3. The highest BCUT2D eigenvalue weighted by molar-refractivity contribution is 9.10. The summed E-state index contributed by atoms with van der Waals surface area (Å²) >= 11 is 11.2. The van der Waals surface area contributed by atoms with Crippen LogP contribution in [0.15, 0.2) is 77.1 Å². The molecule has 0 spiro atoms. The summed E-state index contributed by atoms with van der Waals surface area (Å²) in [5.41, 5.74) is 2.68. The summed E-state index contributed by atoms with van der Waals surface area (Å²) < 4.78 is 0.817. The monoisotopic (exact) mass is 528 g/mol. The van der Waals surface area contributed by atoms with Gasteiger partial charge in [-0.1, -0.05) is 51.8 Å². The maximum Gasteiger partial charge on any atom is 0.254 e. The number of hydrogen-bond donors (Lipinski definition) is 0. The van der Waals surface area contributed by atoms with Crippen LogP contribution in [0, 0.1) is 0 Å². The van der Waals surface area contributed by atoms with Gasteiger partial charge >= 0.3 is 0 Å². The summed E-state index contributed by atoms with van der Waals surface area (Å²) in [4.78, 5) is 31.4. The number of hydrogen-bond acceptors (Lipinski definition) is 3. The van der Waals surface area contributed by atoms with Crippen LogP contribution in [0.1, 0.15) is 32.4 Å². The summed E-state index contributed by atoms with van der Waals surface area (Å²) in [7, 11) is 0. The molecular weight excluding hydrogens is 508 g/mol. The van der Waals surface area contributed by atoms with E-state index in [0.717, 1.165) is 22.0 Å². The zero-order valence-corrected chi connectivity index (χ0v) is 20.5. The van der Waals surface area contributed by atoms with Gasteiger partial charge in [-0.05, 0) is 59.3 Å². The maximum atomic E-state index is 13.5. The van der Waals surface area contributed by atoms with Crippen molar-refractivity contribution >= 4 is 50.7 Å². The van der Waals surface area contributed by atoms with Crippen molar-refractivity contribution in [2.45, 2.75) is 12.5 Å². The quantitative estimate of drug-likeness (QED) is 0.369. The molecule has 1 atom stereocenters. The third kappa shape index (κ3) is 4.82. The van der Waals surface area contributed by atoms with Gasteiger partial charge in [-0.25, -0.2) is 0 Å². The molecule has 32 heavy (non-hydrogen) atoms. The molecule has 0 saturated heterocycles. The minimum absolute atomic E-state index is 0.0130. The van der Waals surface area contributed by atoms with Gasteiger partial charge in [0.2, 0.25) is 5.91 Å². The highest BCUT2D eigenvalue weighted by Gasteiger charge is 2.34. The number of carbonyl (C=O) groups excluding carboxylic acids is 2. The Labute approximate surface area is 205 Å². The van der Waals surface area contributed by atoms with Gasteiger partial charge in [0.05, 0.1) is 6.04 Å². The van der Waals surface area contributed by atoms with Crippen LogP contribution >= 0.6 is 38.9 Å². The number of nitrogens with zero attached hydrogens (tertiary/aromatic N) is 2. The molecule has 1 unspecified atom stereocenters. The molecule has 0 N–H and O–H groups in total. The number of carbonyl (C=O) groups is 2. The molecule has 2 heterocycles. The van der Waals surface area contributed by atoms with Crippen LogP contribution in [0.2, 0.25) is 5.02 Å². The summed E-state index contributed by atoms with van der Waals surface area (Å²) in [6.45, 7) is 4.65. The van der Waals surface area contributed by atoms with E-state index in [2.05, 4.69) is 34.0 Å². The minimum Gasteiger partial charge on any atom is -0.330 e. The molecule has 1 aliphatic heterocycles. The van der Waals surface area contributed by atoms with E-state index in [9.17, 15) is 9.59 Å². The Hall–Kier alpha value is -2.41. The Bertz CT molecular complexity index is 1140. The highest BCUT2D eigenvalue weighted by Crippen LogP contribution is 2.38. The molecule has 0 fully saturated rings. The van der Waals surface area contributed by atoms with Crippen molar-refractivity contribution in [1.29, 1.82) is 0 Å². The molecule has 1 aliphatic rings. The number of amides is 2. The average molecular weight is 530 g/mol. The maximum absolute atomic E-state index is 13.5. The van der Waals surface area contributed by atoms with Crippen LogP contribution in [0.3, 0.4) is 0 Å². The zero-order chi connectivity index (χ0) is 22.7. The van der Waals surface area contributed by atoms with Gasteiger partial charge in [0.1, 0.15) is 6.54 Å². The normalized spacial score (nSPS) is 15.2. The first kappa shape index (κ1) is 22.8. The van der Waals surface area contributed by atoms with E-state index >= 15 is 0 Å². The molecule has 0 saturated carbocycles. The minimum atomic E-state index is -0.198. The molecule has 3 aromatic rings. The van der Waals surface area contributed by atoms with Crippen molar-refractivity contribution in [3.05, 3.63) is 104 Å². The Morgan fingerprint density at radius 2 is 2.00 bits per heavy atom. The fourth-order valence-corrected chi connectivity index (χ4v) is 5.45. The topological polar surface area (TPSA) is 40.6 Å². The van der Waals surface area contributed by atoms with Crippen molar-refractivity contribution < 1.29 is 9.59 Å². The molecule has 0 radical (unpaired) electrons. The highest BCUT2D eigenvalue weighted by atomic mass is 79.9. The number of fused-ring (bicyclic) bond motifs is 1. The lowest BCUT2D eigenvalue weighted by atomic mass is 9.93. The number of halogens is 2. The summed E-state index contributed by atoms with van der Waals surface area (Å²) in [5.74, 6) is -0.289. The average Bonchev–Trinajstić information content (AvgIpc) is 3.27. The SMILES string of the molecule is C=CCN(CC(=O)N1CCc2sccc2C1c1ccc(Cl)cc1)C(=O)c1cccc(Br)c1. The van der Waals surface area contributed by atoms with Crippen LogP contribution in [0.5, 0.6) is 0 Å². The Kier molecular flexibility index (Phi) is 7.13. The van der Waals surface area contributed by atoms with Gasteiger partial charge < -0.3 is 9.80 Å². The van der Waals surface area contributed by atoms with E-state index in [4.69, 9.17) is 11.6 Å². The van der Waals surface area contributed by atoms with Gasteiger partial charge in [-0.2, -0.15) is 0 Å². The standard InChI is InChI=1S/C25H22BrClN2O2S/c1-2-12-28(25(31)18-4-3-5-19(26)15-18)16-23(30)29-13-10-22-21(11-14-32-22)24(29)17-6-8-20(27)9-7-17/h2-9,11,14-15,24H,1,10,12-13,16H2. The van der Waals surface area contributed by atoms with E-state index in [1.807, 2.05) is 41.3 Å². The molecular formula is C25H22BrClN2O2S. The van der Waals surface area contributed by atoms with E-state index in [-0.39, 0.29) is 24.4 Å². The van der Waals surface area contributed by atoms with Crippen LogP contribution in [-0.2, 0) is 11.2 Å². The van der Waals surface area contributed by atoms with Crippen molar-refractivity contribution in [3.8, 4) is 0 Å².